The fraction of sp³-hybridized carbons (Fsp3) is 0.412. The maximum Gasteiger partial charge on any atom is 0.226 e. The van der Waals surface area contributed by atoms with E-state index in [0.29, 0.717) is 18.5 Å². The fourth-order valence-corrected chi connectivity index (χ4v) is 5.30. The van der Waals surface area contributed by atoms with E-state index in [-0.39, 0.29) is 5.91 Å². The number of amides is 1. The van der Waals surface area contributed by atoms with Gasteiger partial charge >= 0.3 is 0 Å². The topological polar surface area (TPSA) is 56.1 Å². The van der Waals surface area contributed by atoms with Gasteiger partial charge in [-0.25, -0.2) is 0 Å². The van der Waals surface area contributed by atoms with Crippen LogP contribution in [0.5, 0.6) is 0 Å². The average Bonchev–Trinajstić information content (AvgIpc) is 3.21. The number of carbonyl (C=O) groups is 1. The second-order valence-electron chi connectivity index (χ2n) is 5.92. The molecule has 0 aromatic carbocycles. The molecule has 3 rings (SSSR count). The number of fused-ring (bicyclic) bond motifs is 1. The minimum atomic E-state index is -0.0394. The summed E-state index contributed by atoms with van der Waals surface area (Å²) >= 11 is 9.05. The number of nitriles is 1. The highest BCUT2D eigenvalue weighted by atomic mass is 35.5. The first-order chi connectivity index (χ1) is 11.6. The van der Waals surface area contributed by atoms with Gasteiger partial charge in [0, 0.05) is 29.3 Å². The summed E-state index contributed by atoms with van der Waals surface area (Å²) in [5.74, 6) is -0.0394. The smallest absolute Gasteiger partial charge is 0.226 e. The van der Waals surface area contributed by atoms with E-state index in [2.05, 4.69) is 16.3 Å². The Balaban J connectivity index is 1.52. The van der Waals surface area contributed by atoms with Crippen LogP contribution in [0.15, 0.2) is 12.1 Å². The zero-order chi connectivity index (χ0) is 17.1. The van der Waals surface area contributed by atoms with E-state index in [9.17, 15) is 10.1 Å². The summed E-state index contributed by atoms with van der Waals surface area (Å²) < 4.78 is 0.783. The van der Waals surface area contributed by atoms with Gasteiger partial charge in [0.15, 0.2) is 0 Å². The third-order valence-corrected chi connectivity index (χ3v) is 6.48. The van der Waals surface area contributed by atoms with E-state index in [1.165, 1.54) is 9.75 Å². The number of nitrogens with zero attached hydrogens (tertiary/aromatic N) is 2. The minimum Gasteiger partial charge on any atom is -0.317 e. The summed E-state index contributed by atoms with van der Waals surface area (Å²) in [6, 6.07) is 6.16. The van der Waals surface area contributed by atoms with Crippen LogP contribution in [0.2, 0.25) is 4.34 Å². The van der Waals surface area contributed by atoms with E-state index in [0.717, 1.165) is 40.7 Å². The van der Waals surface area contributed by atoms with Crippen molar-refractivity contribution in [3.63, 3.8) is 0 Å². The summed E-state index contributed by atoms with van der Waals surface area (Å²) in [7, 11) is 1.99. The molecule has 24 heavy (non-hydrogen) atoms. The van der Waals surface area contributed by atoms with Crippen molar-refractivity contribution in [1.82, 2.24) is 4.90 Å². The molecule has 2 aromatic rings. The predicted molar refractivity (Wildman–Crippen MR) is 100.0 cm³/mol. The molecule has 0 spiro atoms. The minimum absolute atomic E-state index is 0.0394. The quantitative estimate of drug-likeness (QED) is 0.814. The predicted octanol–water partition coefficient (Wildman–Crippen LogP) is 4.28. The van der Waals surface area contributed by atoms with Gasteiger partial charge in [0.1, 0.15) is 11.1 Å². The number of halogens is 1. The third kappa shape index (κ3) is 3.98. The molecule has 0 unspecified atom stereocenters. The van der Waals surface area contributed by atoms with Gasteiger partial charge in [0.05, 0.1) is 9.90 Å². The zero-order valence-electron chi connectivity index (χ0n) is 13.4. The third-order valence-electron chi connectivity index (χ3n) is 4.06. The average molecular weight is 380 g/mol. The van der Waals surface area contributed by atoms with Gasteiger partial charge in [-0.2, -0.15) is 5.26 Å². The van der Waals surface area contributed by atoms with Crippen molar-refractivity contribution in [3.05, 3.63) is 37.4 Å². The molecular weight excluding hydrogens is 362 g/mol. The van der Waals surface area contributed by atoms with Crippen molar-refractivity contribution < 1.29 is 4.79 Å². The number of thiophene rings is 2. The van der Waals surface area contributed by atoms with Crippen molar-refractivity contribution in [2.24, 2.45) is 0 Å². The van der Waals surface area contributed by atoms with E-state index in [4.69, 9.17) is 11.6 Å². The molecule has 1 amide bonds. The Morgan fingerprint density at radius 3 is 2.96 bits per heavy atom. The van der Waals surface area contributed by atoms with Crippen LogP contribution in [0.25, 0.3) is 0 Å². The van der Waals surface area contributed by atoms with Crippen LogP contribution < -0.4 is 5.32 Å². The molecule has 0 radical (unpaired) electrons. The molecule has 1 N–H and O–H groups in total. The molecule has 0 saturated carbocycles. The van der Waals surface area contributed by atoms with Crippen molar-refractivity contribution in [2.45, 2.75) is 32.2 Å². The molecule has 1 aliphatic rings. The van der Waals surface area contributed by atoms with Crippen LogP contribution in [0, 0.1) is 11.3 Å². The van der Waals surface area contributed by atoms with E-state index in [1.54, 1.807) is 22.7 Å². The Hall–Kier alpha value is -1.39. The maximum absolute atomic E-state index is 12.2. The molecule has 2 aromatic heterocycles. The molecule has 2 heterocycles. The molecule has 0 fully saturated rings. The van der Waals surface area contributed by atoms with E-state index < -0.39 is 0 Å². The summed E-state index contributed by atoms with van der Waals surface area (Å²) in [6.45, 7) is 1.44. The highest BCUT2D eigenvalue weighted by Crippen LogP contribution is 2.38. The number of nitrogens with one attached hydrogen (secondary N) is 1. The Morgan fingerprint density at radius 1 is 1.42 bits per heavy atom. The first kappa shape index (κ1) is 17.4. The summed E-state index contributed by atoms with van der Waals surface area (Å²) in [6.07, 6.45) is 3.50. The molecule has 0 atom stereocenters. The Bertz CT molecular complexity index is 790. The molecule has 7 heteroatoms. The SMILES string of the molecule is CN(CCC(=O)Nc1sc2c(c1C#N)CCC2)Cc1ccc(Cl)s1. The first-order valence-corrected chi connectivity index (χ1v) is 9.85. The lowest BCUT2D eigenvalue weighted by Crippen LogP contribution is -2.23. The maximum atomic E-state index is 12.2. The Labute approximate surface area is 154 Å². The van der Waals surface area contributed by atoms with Gasteiger partial charge in [-0.05, 0) is 44.0 Å². The summed E-state index contributed by atoms with van der Waals surface area (Å²) in [4.78, 5) is 16.8. The number of hydrogen-bond donors (Lipinski definition) is 1. The van der Waals surface area contributed by atoms with Crippen LogP contribution in [0.3, 0.4) is 0 Å². The van der Waals surface area contributed by atoms with Crippen molar-refractivity contribution in [2.75, 3.05) is 18.9 Å². The van der Waals surface area contributed by atoms with Crippen molar-refractivity contribution in [3.8, 4) is 6.07 Å². The first-order valence-electron chi connectivity index (χ1n) is 7.84. The van der Waals surface area contributed by atoms with Gasteiger partial charge < -0.3 is 10.2 Å². The highest BCUT2D eigenvalue weighted by Gasteiger charge is 2.23. The van der Waals surface area contributed by atoms with Gasteiger partial charge in [-0.15, -0.1) is 22.7 Å². The monoisotopic (exact) mass is 379 g/mol. The van der Waals surface area contributed by atoms with Gasteiger partial charge in [0.25, 0.3) is 0 Å². The lowest BCUT2D eigenvalue weighted by Gasteiger charge is -2.15. The number of anilines is 1. The second-order valence-corrected chi connectivity index (χ2v) is 8.82. The van der Waals surface area contributed by atoms with Crippen LogP contribution in [-0.4, -0.2) is 24.4 Å². The Morgan fingerprint density at radius 2 is 2.25 bits per heavy atom. The van der Waals surface area contributed by atoms with Crippen LogP contribution in [-0.2, 0) is 24.2 Å². The molecule has 0 bridgehead atoms. The van der Waals surface area contributed by atoms with Crippen LogP contribution >= 0.6 is 34.3 Å². The van der Waals surface area contributed by atoms with Crippen molar-refractivity contribution >= 4 is 45.2 Å². The summed E-state index contributed by atoms with van der Waals surface area (Å²) in [5, 5.41) is 13.0. The highest BCUT2D eigenvalue weighted by molar-refractivity contribution is 7.17. The van der Waals surface area contributed by atoms with Crippen molar-refractivity contribution in [1.29, 1.82) is 5.26 Å². The van der Waals surface area contributed by atoms with Gasteiger partial charge in [0.2, 0.25) is 5.91 Å². The number of aryl methyl sites for hydroxylation is 1. The number of carbonyl (C=O) groups excluding carboxylic acids is 1. The normalized spacial score (nSPS) is 13.1. The Kier molecular flexibility index (Phi) is 5.57. The molecule has 4 nitrogen and oxygen atoms in total. The summed E-state index contributed by atoms with van der Waals surface area (Å²) in [5.41, 5.74) is 1.81. The fourth-order valence-electron chi connectivity index (χ4n) is 2.87. The standard InChI is InChI=1S/C17H18ClN3OS2/c1-21(10-11-5-6-15(18)23-11)8-7-16(22)20-17-13(9-19)12-3-2-4-14(12)24-17/h5-6H,2-4,7-8,10H2,1H3,(H,20,22). The van der Waals surface area contributed by atoms with Gasteiger partial charge in [-0.3, -0.25) is 4.79 Å². The largest absolute Gasteiger partial charge is 0.317 e. The molecule has 126 valence electrons. The zero-order valence-corrected chi connectivity index (χ0v) is 15.8. The molecule has 0 saturated heterocycles. The van der Waals surface area contributed by atoms with Crippen LogP contribution in [0.1, 0.15) is 33.7 Å². The van der Waals surface area contributed by atoms with Gasteiger partial charge in [-0.1, -0.05) is 11.6 Å². The molecule has 1 aliphatic carbocycles. The lowest BCUT2D eigenvalue weighted by atomic mass is 10.1. The number of rotatable bonds is 6. The van der Waals surface area contributed by atoms with Crippen LogP contribution in [0.4, 0.5) is 5.00 Å². The van der Waals surface area contributed by atoms with E-state index in [1.807, 2.05) is 19.2 Å². The second kappa shape index (κ2) is 7.66. The lowest BCUT2D eigenvalue weighted by molar-refractivity contribution is -0.116. The number of hydrogen-bond acceptors (Lipinski definition) is 5. The van der Waals surface area contributed by atoms with E-state index >= 15 is 0 Å². The molecular formula is C17H18ClN3OS2. The molecule has 0 aliphatic heterocycles.